The summed E-state index contributed by atoms with van der Waals surface area (Å²) in [6.07, 6.45) is 2.26. The smallest absolute Gasteiger partial charge is 0.0690 e. The molecule has 2 aromatic rings. The van der Waals surface area contributed by atoms with Crippen LogP contribution in [0.5, 0.6) is 0 Å². The van der Waals surface area contributed by atoms with E-state index in [0.717, 1.165) is 16.6 Å². The summed E-state index contributed by atoms with van der Waals surface area (Å²) in [6, 6.07) is 9.86. The van der Waals surface area contributed by atoms with Gasteiger partial charge in [-0.2, -0.15) is 10.2 Å². The van der Waals surface area contributed by atoms with E-state index in [0.29, 0.717) is 5.02 Å². The van der Waals surface area contributed by atoms with Crippen LogP contribution in [0, 0.1) is 0 Å². The first-order valence-electron chi connectivity index (χ1n) is 4.46. The minimum absolute atomic E-state index is 0.618. The Morgan fingerprint density at radius 2 is 2.07 bits per heavy atom. The molecule has 0 unspecified atom stereocenters. The fourth-order valence-electron chi connectivity index (χ4n) is 1.31. The van der Waals surface area contributed by atoms with E-state index in [1.165, 1.54) is 11.8 Å². The summed E-state index contributed by atoms with van der Waals surface area (Å²) in [5.41, 5.74) is 2.04. The summed E-state index contributed by atoms with van der Waals surface area (Å²) in [5.74, 6) is 0. The van der Waals surface area contributed by atoms with Gasteiger partial charge in [0.05, 0.1) is 16.9 Å². The highest BCUT2D eigenvalue weighted by Gasteiger charge is 2.02. The molecular weight excluding hydrogens is 275 g/mol. The zero-order valence-corrected chi connectivity index (χ0v) is 10.2. The standard InChI is InChI=1S/C11H8BrClN2/c12-11-4-2-1-3-8(11)5-10-6-9(13)7-14-15-10/h1-4,6-7H,5H2. The SMILES string of the molecule is Clc1cnnc(Cc2ccccc2Br)c1. The number of hydrogen-bond donors (Lipinski definition) is 0. The highest BCUT2D eigenvalue weighted by Crippen LogP contribution is 2.19. The number of halogens is 2. The van der Waals surface area contributed by atoms with E-state index in [9.17, 15) is 0 Å². The van der Waals surface area contributed by atoms with E-state index in [-0.39, 0.29) is 0 Å². The molecule has 0 fully saturated rings. The van der Waals surface area contributed by atoms with Crippen LogP contribution in [0.2, 0.25) is 5.02 Å². The third-order valence-electron chi connectivity index (χ3n) is 2.00. The van der Waals surface area contributed by atoms with Gasteiger partial charge in [0.15, 0.2) is 0 Å². The fourth-order valence-corrected chi connectivity index (χ4v) is 1.90. The molecule has 0 saturated heterocycles. The lowest BCUT2D eigenvalue weighted by molar-refractivity contribution is 0.935. The van der Waals surface area contributed by atoms with E-state index in [1.807, 2.05) is 30.3 Å². The predicted octanol–water partition coefficient (Wildman–Crippen LogP) is 3.48. The monoisotopic (exact) mass is 282 g/mol. The number of aromatic nitrogens is 2. The van der Waals surface area contributed by atoms with Crippen molar-refractivity contribution in [3.63, 3.8) is 0 Å². The molecule has 0 N–H and O–H groups in total. The maximum absolute atomic E-state index is 5.84. The van der Waals surface area contributed by atoms with Gasteiger partial charge in [0, 0.05) is 10.9 Å². The zero-order chi connectivity index (χ0) is 10.7. The highest BCUT2D eigenvalue weighted by molar-refractivity contribution is 9.10. The quantitative estimate of drug-likeness (QED) is 0.843. The lowest BCUT2D eigenvalue weighted by atomic mass is 10.1. The summed E-state index contributed by atoms with van der Waals surface area (Å²) in [6.45, 7) is 0. The molecule has 0 aliphatic carbocycles. The molecule has 2 nitrogen and oxygen atoms in total. The first kappa shape index (κ1) is 10.6. The van der Waals surface area contributed by atoms with Crippen molar-refractivity contribution >= 4 is 27.5 Å². The summed E-state index contributed by atoms with van der Waals surface area (Å²) < 4.78 is 1.08. The Kier molecular flexibility index (Phi) is 3.34. The first-order valence-corrected chi connectivity index (χ1v) is 5.63. The van der Waals surface area contributed by atoms with Gasteiger partial charge >= 0.3 is 0 Å². The Bertz CT molecular complexity index is 474. The third-order valence-corrected chi connectivity index (χ3v) is 2.98. The van der Waals surface area contributed by atoms with Crippen molar-refractivity contribution in [3.8, 4) is 0 Å². The van der Waals surface area contributed by atoms with E-state index in [2.05, 4.69) is 26.1 Å². The van der Waals surface area contributed by atoms with Gasteiger partial charge in [-0.05, 0) is 17.7 Å². The van der Waals surface area contributed by atoms with Gasteiger partial charge < -0.3 is 0 Å². The summed E-state index contributed by atoms with van der Waals surface area (Å²) in [7, 11) is 0. The largest absolute Gasteiger partial charge is 0.157 e. The molecule has 0 bridgehead atoms. The summed E-state index contributed by atoms with van der Waals surface area (Å²) in [4.78, 5) is 0. The van der Waals surface area contributed by atoms with Crippen LogP contribution < -0.4 is 0 Å². The maximum atomic E-state index is 5.84. The number of benzene rings is 1. The van der Waals surface area contributed by atoms with Crippen molar-refractivity contribution in [2.24, 2.45) is 0 Å². The second-order valence-corrected chi connectivity index (χ2v) is 4.42. The number of nitrogens with zero attached hydrogens (tertiary/aromatic N) is 2. The molecule has 1 heterocycles. The van der Waals surface area contributed by atoms with E-state index in [4.69, 9.17) is 11.6 Å². The minimum atomic E-state index is 0.618. The molecule has 2 rings (SSSR count). The Labute approximate surface area is 101 Å². The lowest BCUT2D eigenvalue weighted by Crippen LogP contribution is -1.94. The molecule has 0 radical (unpaired) electrons. The summed E-state index contributed by atoms with van der Waals surface area (Å²) in [5, 5.41) is 8.45. The van der Waals surface area contributed by atoms with E-state index in [1.54, 1.807) is 0 Å². The Hall–Kier alpha value is -0.930. The first-order chi connectivity index (χ1) is 7.25. The topological polar surface area (TPSA) is 25.8 Å². The molecule has 0 amide bonds. The average molecular weight is 284 g/mol. The molecule has 76 valence electrons. The Morgan fingerprint density at radius 1 is 1.27 bits per heavy atom. The second kappa shape index (κ2) is 4.73. The van der Waals surface area contributed by atoms with Crippen LogP contribution in [0.25, 0.3) is 0 Å². The van der Waals surface area contributed by atoms with Crippen molar-refractivity contribution < 1.29 is 0 Å². The van der Waals surface area contributed by atoms with Crippen molar-refractivity contribution in [1.82, 2.24) is 10.2 Å². The number of hydrogen-bond acceptors (Lipinski definition) is 2. The van der Waals surface area contributed by atoms with Gasteiger partial charge in [-0.25, -0.2) is 0 Å². The molecule has 0 atom stereocenters. The van der Waals surface area contributed by atoms with E-state index >= 15 is 0 Å². The molecule has 0 aliphatic heterocycles. The molecule has 0 saturated carbocycles. The average Bonchev–Trinajstić information content (AvgIpc) is 2.22. The van der Waals surface area contributed by atoms with Crippen LogP contribution in [-0.2, 0) is 6.42 Å². The molecule has 1 aromatic heterocycles. The van der Waals surface area contributed by atoms with Gasteiger partial charge in [0.25, 0.3) is 0 Å². The normalized spacial score (nSPS) is 10.3. The molecular formula is C11H8BrClN2. The van der Waals surface area contributed by atoms with Gasteiger partial charge in [-0.3, -0.25) is 0 Å². The van der Waals surface area contributed by atoms with Crippen molar-refractivity contribution in [1.29, 1.82) is 0 Å². The predicted molar refractivity (Wildman–Crippen MR) is 64.0 cm³/mol. The van der Waals surface area contributed by atoms with Crippen molar-refractivity contribution in [2.75, 3.05) is 0 Å². The minimum Gasteiger partial charge on any atom is -0.157 e. The maximum Gasteiger partial charge on any atom is 0.0690 e. The second-order valence-electron chi connectivity index (χ2n) is 3.13. The molecule has 0 aliphatic rings. The van der Waals surface area contributed by atoms with E-state index < -0.39 is 0 Å². The molecule has 1 aromatic carbocycles. The van der Waals surface area contributed by atoms with Crippen molar-refractivity contribution in [2.45, 2.75) is 6.42 Å². The van der Waals surface area contributed by atoms with Gasteiger partial charge in [-0.15, -0.1) is 0 Å². The van der Waals surface area contributed by atoms with Gasteiger partial charge in [0.2, 0.25) is 0 Å². The zero-order valence-electron chi connectivity index (χ0n) is 7.82. The molecule has 4 heteroatoms. The highest BCUT2D eigenvalue weighted by atomic mass is 79.9. The third kappa shape index (κ3) is 2.76. The van der Waals surface area contributed by atoms with Gasteiger partial charge in [-0.1, -0.05) is 45.7 Å². The van der Waals surface area contributed by atoms with Crippen LogP contribution >= 0.6 is 27.5 Å². The van der Waals surface area contributed by atoms with Gasteiger partial charge in [0.1, 0.15) is 0 Å². The van der Waals surface area contributed by atoms with Crippen LogP contribution in [0.4, 0.5) is 0 Å². The molecule has 0 spiro atoms. The van der Waals surface area contributed by atoms with Crippen LogP contribution in [-0.4, -0.2) is 10.2 Å². The number of rotatable bonds is 2. The lowest BCUT2D eigenvalue weighted by Gasteiger charge is -2.02. The van der Waals surface area contributed by atoms with Crippen LogP contribution in [0.15, 0.2) is 41.0 Å². The fraction of sp³-hybridized carbons (Fsp3) is 0.0909. The van der Waals surface area contributed by atoms with Crippen LogP contribution in [0.1, 0.15) is 11.3 Å². The van der Waals surface area contributed by atoms with Crippen LogP contribution in [0.3, 0.4) is 0 Å². The summed E-state index contributed by atoms with van der Waals surface area (Å²) >= 11 is 9.33. The Balaban J connectivity index is 2.26. The molecule has 15 heavy (non-hydrogen) atoms. The Morgan fingerprint density at radius 3 is 2.80 bits per heavy atom. The van der Waals surface area contributed by atoms with Crippen molar-refractivity contribution in [3.05, 3.63) is 57.3 Å².